The van der Waals surface area contributed by atoms with E-state index in [-0.39, 0.29) is 23.6 Å². The van der Waals surface area contributed by atoms with Crippen LogP contribution < -0.4 is 9.47 Å². The maximum absolute atomic E-state index is 12.4. The second kappa shape index (κ2) is 7.18. The predicted molar refractivity (Wildman–Crippen MR) is 107 cm³/mol. The predicted octanol–water partition coefficient (Wildman–Crippen LogP) is 3.09. The fourth-order valence-electron chi connectivity index (χ4n) is 5.16. The molecule has 29 heavy (non-hydrogen) atoms. The minimum atomic E-state index is -0.424. The summed E-state index contributed by atoms with van der Waals surface area (Å²) in [5, 5.41) is 0. The van der Waals surface area contributed by atoms with Crippen LogP contribution in [0.5, 0.6) is 11.5 Å². The number of hydrogen-bond donors (Lipinski definition) is 0. The molecule has 1 fully saturated rings. The van der Waals surface area contributed by atoms with Gasteiger partial charge in [-0.25, -0.2) is 4.79 Å². The zero-order valence-corrected chi connectivity index (χ0v) is 16.8. The topological polar surface area (TPSA) is 57.2 Å². The lowest BCUT2D eigenvalue weighted by Gasteiger charge is -2.37. The van der Waals surface area contributed by atoms with Crippen molar-refractivity contribution in [2.75, 3.05) is 20.2 Å². The average Bonchev–Trinajstić information content (AvgIpc) is 3.32. The zero-order chi connectivity index (χ0) is 20.0. The van der Waals surface area contributed by atoms with E-state index >= 15 is 0 Å². The van der Waals surface area contributed by atoms with E-state index in [0.717, 1.165) is 38.1 Å². The molecule has 6 heteroatoms. The van der Waals surface area contributed by atoms with Crippen LogP contribution >= 0.6 is 0 Å². The van der Waals surface area contributed by atoms with Gasteiger partial charge in [0, 0.05) is 25.1 Å². The van der Waals surface area contributed by atoms with Gasteiger partial charge in [-0.3, -0.25) is 0 Å². The smallest absolute Gasteiger partial charge is 0.335 e. The van der Waals surface area contributed by atoms with E-state index in [1.165, 1.54) is 17.4 Å². The van der Waals surface area contributed by atoms with E-state index in [9.17, 15) is 4.79 Å². The van der Waals surface area contributed by atoms with E-state index in [1.807, 2.05) is 12.1 Å². The Morgan fingerprint density at radius 3 is 3.10 bits per heavy atom. The number of hydrogen-bond acceptors (Lipinski definition) is 6. The SMILES string of the molecule is C=COc1ccc2c3c1O[C@H]1C[C@@H](OC(=O)C4CCCO4)C=C[C@@]31CCN(C)C2. The summed E-state index contributed by atoms with van der Waals surface area (Å²) in [5.74, 6) is 1.23. The van der Waals surface area contributed by atoms with Crippen LogP contribution in [-0.2, 0) is 26.2 Å². The first-order valence-electron chi connectivity index (χ1n) is 10.4. The summed E-state index contributed by atoms with van der Waals surface area (Å²) >= 11 is 0. The first-order chi connectivity index (χ1) is 14.1. The van der Waals surface area contributed by atoms with Gasteiger partial charge in [0.15, 0.2) is 17.6 Å². The van der Waals surface area contributed by atoms with Crippen LogP contribution in [0.2, 0.25) is 0 Å². The first-order valence-corrected chi connectivity index (χ1v) is 10.4. The van der Waals surface area contributed by atoms with Crippen LogP contribution in [0.4, 0.5) is 0 Å². The van der Waals surface area contributed by atoms with Gasteiger partial charge >= 0.3 is 5.97 Å². The van der Waals surface area contributed by atoms with Crippen molar-refractivity contribution >= 4 is 5.97 Å². The van der Waals surface area contributed by atoms with Crippen molar-refractivity contribution in [3.05, 3.63) is 48.3 Å². The number of ether oxygens (including phenoxy) is 4. The average molecular weight is 397 g/mol. The molecule has 4 aliphatic rings. The molecule has 5 rings (SSSR count). The highest BCUT2D eigenvalue weighted by Gasteiger charge is 2.53. The minimum Gasteiger partial charge on any atom is -0.485 e. The van der Waals surface area contributed by atoms with Gasteiger partial charge in [0.2, 0.25) is 0 Å². The Labute approximate surface area is 171 Å². The summed E-state index contributed by atoms with van der Waals surface area (Å²) in [7, 11) is 2.15. The largest absolute Gasteiger partial charge is 0.485 e. The Balaban J connectivity index is 1.47. The molecule has 1 spiro atoms. The van der Waals surface area contributed by atoms with Crippen molar-refractivity contribution in [3.63, 3.8) is 0 Å². The zero-order valence-electron chi connectivity index (χ0n) is 16.8. The van der Waals surface area contributed by atoms with Gasteiger partial charge in [0.1, 0.15) is 12.2 Å². The molecule has 0 saturated carbocycles. The maximum Gasteiger partial charge on any atom is 0.335 e. The lowest BCUT2D eigenvalue weighted by Crippen LogP contribution is -2.44. The number of rotatable bonds is 4. The van der Waals surface area contributed by atoms with E-state index in [1.54, 1.807) is 0 Å². The van der Waals surface area contributed by atoms with Crippen LogP contribution in [0.25, 0.3) is 0 Å². The van der Waals surface area contributed by atoms with Crippen molar-refractivity contribution in [3.8, 4) is 11.5 Å². The molecule has 4 atom stereocenters. The molecule has 1 saturated heterocycles. The maximum atomic E-state index is 12.4. The summed E-state index contributed by atoms with van der Waals surface area (Å²) < 4.78 is 23.4. The number of nitrogens with zero attached hydrogens (tertiary/aromatic N) is 1. The quantitative estimate of drug-likeness (QED) is 0.442. The van der Waals surface area contributed by atoms with Crippen LogP contribution in [0.1, 0.15) is 36.8 Å². The van der Waals surface area contributed by atoms with Gasteiger partial charge in [-0.15, -0.1) is 0 Å². The monoisotopic (exact) mass is 397 g/mol. The third kappa shape index (κ3) is 3.06. The molecule has 0 radical (unpaired) electrons. The van der Waals surface area contributed by atoms with Gasteiger partial charge < -0.3 is 23.8 Å². The van der Waals surface area contributed by atoms with Crippen molar-refractivity contribution in [2.24, 2.45) is 0 Å². The molecule has 0 N–H and O–H groups in total. The third-order valence-electron chi connectivity index (χ3n) is 6.58. The lowest BCUT2D eigenvalue weighted by atomic mass is 9.69. The normalized spacial score (nSPS) is 32.7. The fraction of sp³-hybridized carbons (Fsp3) is 0.522. The van der Waals surface area contributed by atoms with Crippen LogP contribution in [-0.4, -0.2) is 49.4 Å². The molecule has 0 bridgehead atoms. The van der Waals surface area contributed by atoms with Gasteiger partial charge in [0.05, 0.1) is 11.7 Å². The Hall–Kier alpha value is -2.31. The molecular formula is C23H27NO5. The molecule has 1 aromatic carbocycles. The molecule has 3 aliphatic heterocycles. The minimum absolute atomic E-state index is 0.0930. The van der Waals surface area contributed by atoms with E-state index in [4.69, 9.17) is 18.9 Å². The summed E-state index contributed by atoms with van der Waals surface area (Å²) in [4.78, 5) is 14.8. The fourth-order valence-corrected chi connectivity index (χ4v) is 5.16. The van der Waals surface area contributed by atoms with Crippen molar-refractivity contribution < 1.29 is 23.7 Å². The first kappa shape index (κ1) is 18.7. The van der Waals surface area contributed by atoms with Crippen LogP contribution in [0.15, 0.2) is 37.1 Å². The molecule has 154 valence electrons. The van der Waals surface area contributed by atoms with E-state index in [2.05, 4.69) is 30.7 Å². The second-order valence-electron chi connectivity index (χ2n) is 8.42. The van der Waals surface area contributed by atoms with Crippen molar-refractivity contribution in [2.45, 2.75) is 56.0 Å². The van der Waals surface area contributed by atoms with E-state index in [0.29, 0.717) is 18.8 Å². The number of carbonyl (C=O) groups is 1. The van der Waals surface area contributed by atoms with Gasteiger partial charge in [-0.05, 0) is 50.6 Å². The molecule has 1 aliphatic carbocycles. The van der Waals surface area contributed by atoms with Gasteiger partial charge in [-0.1, -0.05) is 18.7 Å². The molecular weight excluding hydrogens is 370 g/mol. The summed E-state index contributed by atoms with van der Waals surface area (Å²) in [6, 6.07) is 4.09. The Morgan fingerprint density at radius 2 is 2.31 bits per heavy atom. The second-order valence-corrected chi connectivity index (χ2v) is 8.42. The molecule has 1 aromatic rings. The number of carbonyl (C=O) groups excluding carboxylic acids is 1. The van der Waals surface area contributed by atoms with Gasteiger partial charge in [0.25, 0.3) is 0 Å². The number of benzene rings is 1. The standard InChI is InChI=1S/C23H27NO5/c1-3-26-17-7-6-15-14-24(2)11-10-23-9-8-16(13-19(23)29-21(17)20(15)23)28-22(25)18-5-4-12-27-18/h3,6-9,16,18-19H,1,4-5,10-14H2,2H3/t16-,18?,19-,23-/m0/s1. The molecule has 6 nitrogen and oxygen atoms in total. The Kier molecular flexibility index (Phi) is 4.63. The Morgan fingerprint density at radius 1 is 1.41 bits per heavy atom. The summed E-state index contributed by atoms with van der Waals surface area (Å²) in [5.41, 5.74) is 2.26. The van der Waals surface area contributed by atoms with Crippen LogP contribution in [0.3, 0.4) is 0 Å². The van der Waals surface area contributed by atoms with Crippen molar-refractivity contribution in [1.82, 2.24) is 4.90 Å². The molecule has 1 unspecified atom stereocenters. The van der Waals surface area contributed by atoms with Crippen LogP contribution in [0, 0.1) is 0 Å². The van der Waals surface area contributed by atoms with E-state index < -0.39 is 6.10 Å². The highest BCUT2D eigenvalue weighted by Crippen LogP contribution is 2.56. The lowest BCUT2D eigenvalue weighted by molar-refractivity contribution is -0.159. The van der Waals surface area contributed by atoms with Crippen molar-refractivity contribution in [1.29, 1.82) is 0 Å². The molecule has 0 aromatic heterocycles. The highest BCUT2D eigenvalue weighted by molar-refractivity contribution is 5.75. The molecule has 3 heterocycles. The Bertz CT molecular complexity index is 859. The molecule has 0 amide bonds. The third-order valence-corrected chi connectivity index (χ3v) is 6.58. The summed E-state index contributed by atoms with van der Waals surface area (Å²) in [6.45, 7) is 6.16. The number of esters is 1. The highest BCUT2D eigenvalue weighted by atomic mass is 16.6. The summed E-state index contributed by atoms with van der Waals surface area (Å²) in [6.07, 6.45) is 8.09. The van der Waals surface area contributed by atoms with Gasteiger partial charge in [-0.2, -0.15) is 0 Å².